The number of hydrogen-bond acceptors (Lipinski definition) is 4. The molecule has 0 heterocycles. The minimum absolute atomic E-state index is 0.186. The Morgan fingerprint density at radius 3 is 2.24 bits per heavy atom. The summed E-state index contributed by atoms with van der Waals surface area (Å²) in [7, 11) is 0. The van der Waals surface area contributed by atoms with Gasteiger partial charge in [-0.2, -0.15) is 0 Å². The first-order valence-electron chi connectivity index (χ1n) is 13.4. The monoisotopic (exact) mass is 760 g/mol. The van der Waals surface area contributed by atoms with Crippen molar-refractivity contribution in [2.45, 2.75) is 108 Å². The second kappa shape index (κ2) is 31.9. The summed E-state index contributed by atoms with van der Waals surface area (Å²) >= 11 is 5.46. The molecular formula is C30H54I2N2O2S. The molecule has 0 aliphatic heterocycles. The van der Waals surface area contributed by atoms with Gasteiger partial charge in [0.1, 0.15) is 6.79 Å². The molecule has 0 bridgehead atoms. The van der Waals surface area contributed by atoms with E-state index in [1.54, 1.807) is 0 Å². The maximum Gasteiger partial charge on any atom is 0.106 e. The third-order valence-electron chi connectivity index (χ3n) is 5.48. The number of hydrogen-bond donors (Lipinski definition) is 2. The smallest absolute Gasteiger partial charge is 0.106 e. The van der Waals surface area contributed by atoms with E-state index in [4.69, 9.17) is 23.8 Å². The predicted octanol–water partition coefficient (Wildman–Crippen LogP) is 9.50. The van der Waals surface area contributed by atoms with Crippen LogP contribution in [0.25, 0.3) is 0 Å². The summed E-state index contributed by atoms with van der Waals surface area (Å²) in [6.07, 6.45) is 26.3. The summed E-state index contributed by atoms with van der Waals surface area (Å²) in [6, 6.07) is 0. The summed E-state index contributed by atoms with van der Waals surface area (Å²) < 4.78 is 6.67. The number of rotatable bonds is 10. The van der Waals surface area contributed by atoms with Crippen LogP contribution < -0.4 is 3.53 Å². The number of halogens is 2. The Kier molecular flexibility index (Phi) is 35.5. The molecule has 0 saturated heterocycles. The average Bonchev–Trinajstić information content (AvgIpc) is 2.93. The van der Waals surface area contributed by atoms with Gasteiger partial charge in [-0.3, -0.25) is 0 Å². The Balaban J connectivity index is -0.000000518. The summed E-state index contributed by atoms with van der Waals surface area (Å²) in [6.45, 7) is 17.6. The van der Waals surface area contributed by atoms with E-state index in [1.807, 2.05) is 13.7 Å². The van der Waals surface area contributed by atoms with E-state index in [0.717, 1.165) is 42.6 Å². The van der Waals surface area contributed by atoms with Gasteiger partial charge in [0.2, 0.25) is 0 Å². The topological polar surface area (TPSA) is 49.4 Å². The van der Waals surface area contributed by atoms with Crippen LogP contribution in [0.5, 0.6) is 0 Å². The van der Waals surface area contributed by atoms with Crippen LogP contribution in [-0.4, -0.2) is 30.2 Å². The summed E-state index contributed by atoms with van der Waals surface area (Å²) in [5.41, 5.74) is 1.41. The largest absolute Gasteiger partial charge is 0.307 e. The van der Waals surface area contributed by atoms with Crippen LogP contribution in [0.1, 0.15) is 105 Å². The van der Waals surface area contributed by atoms with Crippen LogP contribution in [0.2, 0.25) is 0 Å². The molecule has 0 aromatic heterocycles. The number of carbonyl (C=O) groups excluding carboxylic acids is 2. The normalized spacial score (nSPS) is 15.3. The van der Waals surface area contributed by atoms with Crippen LogP contribution in [0.15, 0.2) is 37.0 Å². The number of nitrogens with zero attached hydrogens (tertiary/aromatic N) is 1. The van der Waals surface area contributed by atoms with Gasteiger partial charge in [-0.25, -0.2) is 0 Å². The zero-order chi connectivity index (χ0) is 28.9. The Morgan fingerprint density at radius 1 is 1.24 bits per heavy atom. The van der Waals surface area contributed by atoms with Gasteiger partial charge in [-0.1, -0.05) is 62.8 Å². The van der Waals surface area contributed by atoms with Crippen molar-refractivity contribution in [1.82, 2.24) is 6.64 Å². The number of allylic oxidation sites excluding steroid dienone is 4. The van der Waals surface area contributed by atoms with Gasteiger partial charge in [-0.05, 0) is 25.7 Å². The Bertz CT molecular complexity index is 630. The molecule has 0 aromatic rings. The van der Waals surface area contributed by atoms with Gasteiger partial charge in [0.25, 0.3) is 0 Å². The van der Waals surface area contributed by atoms with E-state index in [2.05, 4.69) is 87.6 Å². The van der Waals surface area contributed by atoms with Crippen molar-refractivity contribution in [3.63, 3.8) is 0 Å². The predicted molar refractivity (Wildman–Crippen MR) is 187 cm³/mol. The molecule has 0 radical (unpaired) electrons. The van der Waals surface area contributed by atoms with Gasteiger partial charge in [0.15, 0.2) is 0 Å². The molecule has 0 aromatic carbocycles. The van der Waals surface area contributed by atoms with Crippen LogP contribution in [-0.2, 0) is 9.59 Å². The van der Waals surface area contributed by atoms with Crippen LogP contribution in [0.3, 0.4) is 0 Å². The number of nitrogens with one attached hydrogen (secondary N) is 1. The number of alkyl halides is 2. The first-order valence-corrected chi connectivity index (χ1v) is 18.8. The maximum absolute atomic E-state index is 11.7. The minimum atomic E-state index is -1.56. The molecule has 1 N–H and O–H groups in total. The fraction of sp³-hybridized carbons (Fsp3) is 0.667. The minimum Gasteiger partial charge on any atom is -0.307 e. The van der Waals surface area contributed by atoms with Gasteiger partial charge in [0.05, 0.1) is 0 Å². The fourth-order valence-corrected chi connectivity index (χ4v) is 10.4. The van der Waals surface area contributed by atoms with E-state index in [-0.39, 0.29) is 9.29 Å². The van der Waals surface area contributed by atoms with Crippen LogP contribution in [0.4, 0.5) is 0 Å². The molecule has 0 spiro atoms. The quantitative estimate of drug-likeness (QED) is 0.0269. The standard InChI is InChI=1S/C13H24I2N2OS.C7H14.C7H10.C2H4.CH2O/c1-4-7-8-9-11-17(14)13(19)15(6-3)16-12(18)10-5-2;2*1-7-5-3-2-4-6-7;2*1-2/h1,13,19H,5-11H2,2-3H3,(H,16,18);7H,2-6H2,1H3;3,5-6H,2,4H2,1H3;1-2H2;1H2. The first-order chi connectivity index (χ1) is 17.8. The molecule has 1 fully saturated rings. The molecule has 216 valence electrons. The number of carbonyl (C=O) groups is 2. The molecule has 1 amide bonds. The number of terminal acetylenes is 1. The summed E-state index contributed by atoms with van der Waals surface area (Å²) in [4.78, 5) is 19.7. The molecule has 7 heteroatoms. The molecule has 4 nitrogen and oxygen atoms in total. The van der Waals surface area contributed by atoms with E-state index in [1.165, 1.54) is 50.5 Å². The van der Waals surface area contributed by atoms with E-state index in [9.17, 15) is 4.79 Å². The Morgan fingerprint density at radius 2 is 1.86 bits per heavy atom. The summed E-state index contributed by atoms with van der Waals surface area (Å²) in [5, 5.41) is 0. The number of thiol groups is 1. The Labute approximate surface area is 257 Å². The van der Waals surface area contributed by atoms with Crippen LogP contribution in [0, 0.1) is 18.3 Å². The molecular weight excluding hydrogens is 706 g/mol. The molecule has 1 atom stereocenters. The average molecular weight is 761 g/mol. The first kappa shape index (κ1) is 41.2. The SMILES string of the molecule is C#CCCCCN(I)C(S)I(CC)NC(=O)CCC.C=C.C=O.CC1=CCCC=C1.CC1CCCCC1. The van der Waals surface area contributed by atoms with E-state index in [0.29, 0.717) is 6.42 Å². The fourth-order valence-electron chi connectivity index (χ4n) is 3.44. The van der Waals surface area contributed by atoms with Gasteiger partial charge < -0.3 is 4.79 Å². The van der Waals surface area contributed by atoms with Crippen molar-refractivity contribution < 1.29 is 9.59 Å². The molecule has 2 aliphatic rings. The van der Waals surface area contributed by atoms with E-state index >= 15 is 0 Å². The summed E-state index contributed by atoms with van der Waals surface area (Å²) in [5.74, 6) is 3.88. The third kappa shape index (κ3) is 27.1. The number of unbranched alkanes of at least 4 members (excludes halogenated alkanes) is 2. The maximum atomic E-state index is 11.7. The molecule has 37 heavy (non-hydrogen) atoms. The van der Waals surface area contributed by atoms with Gasteiger partial charge in [-0.15, -0.1) is 13.2 Å². The molecule has 1 saturated carbocycles. The van der Waals surface area contributed by atoms with Crippen LogP contribution >= 0.6 is 55.6 Å². The van der Waals surface area contributed by atoms with Crippen molar-refractivity contribution in [2.75, 3.05) is 11.0 Å². The second-order valence-electron chi connectivity index (χ2n) is 8.70. The van der Waals surface area contributed by atoms with Crippen molar-refractivity contribution in [3.8, 4) is 12.3 Å². The van der Waals surface area contributed by atoms with Gasteiger partial charge in [0, 0.05) is 0 Å². The van der Waals surface area contributed by atoms with Crippen molar-refractivity contribution in [1.29, 1.82) is 0 Å². The van der Waals surface area contributed by atoms with Crippen molar-refractivity contribution in [2.24, 2.45) is 5.92 Å². The molecule has 2 rings (SSSR count). The third-order valence-corrected chi connectivity index (χ3v) is 14.8. The Hall–Kier alpha value is -0.310. The zero-order valence-corrected chi connectivity index (χ0v) is 29.2. The zero-order valence-electron chi connectivity index (χ0n) is 24.0. The second-order valence-corrected chi connectivity index (χ2v) is 16.9. The van der Waals surface area contributed by atoms with Crippen molar-refractivity contribution in [3.05, 3.63) is 37.0 Å². The van der Waals surface area contributed by atoms with E-state index < -0.39 is 20.1 Å². The molecule has 1 unspecified atom stereocenters. The number of amides is 1. The molecule has 2 aliphatic carbocycles. The van der Waals surface area contributed by atoms with Gasteiger partial charge >= 0.3 is 146 Å². The van der Waals surface area contributed by atoms with Crippen molar-refractivity contribution >= 4 is 68.3 Å².